The van der Waals surface area contributed by atoms with Crippen molar-refractivity contribution in [3.63, 3.8) is 0 Å². The number of hydrogen-bond acceptors (Lipinski definition) is 13. The van der Waals surface area contributed by atoms with Crippen LogP contribution in [0.5, 0.6) is 0 Å². The maximum atomic E-state index is 10.9. The van der Waals surface area contributed by atoms with Crippen LogP contribution >= 0.6 is 69.4 Å². The number of ether oxygens (including phenoxy) is 1. The molecule has 0 radical (unpaired) electrons. The predicted molar refractivity (Wildman–Crippen MR) is 236 cm³/mol. The number of Topliss-reactive ketones (excluding diaryl/α,β-unsaturated/α-hetero) is 2. The van der Waals surface area contributed by atoms with E-state index < -0.39 is 0 Å². The average molecular weight is 1040 g/mol. The van der Waals surface area contributed by atoms with Crippen molar-refractivity contribution < 1.29 is 47.9 Å². The maximum absolute atomic E-state index is 10.9. The molecule has 0 aromatic carbocycles. The van der Waals surface area contributed by atoms with Crippen molar-refractivity contribution >= 4 is 122 Å². The minimum absolute atomic E-state index is 0.00171. The first kappa shape index (κ1) is 56.5. The van der Waals surface area contributed by atoms with Gasteiger partial charge in [-0.15, -0.1) is 0 Å². The summed E-state index contributed by atoms with van der Waals surface area (Å²) in [7, 11) is 11.0. The van der Waals surface area contributed by atoms with Gasteiger partial charge in [-0.2, -0.15) is 0 Å². The topological polar surface area (TPSA) is 189 Å². The normalized spacial score (nSPS) is 16.3. The molecule has 58 heavy (non-hydrogen) atoms. The Morgan fingerprint density at radius 1 is 0.759 bits per heavy atom. The molecule has 1 atom stereocenters. The quantitative estimate of drug-likeness (QED) is 0.221. The van der Waals surface area contributed by atoms with Crippen LogP contribution < -0.4 is 0 Å². The highest BCUT2D eigenvalue weighted by Gasteiger charge is 2.32. The molecule has 1 aromatic heterocycles. The van der Waals surface area contributed by atoms with Gasteiger partial charge < -0.3 is 14.4 Å². The first-order chi connectivity index (χ1) is 27.1. The standard InChI is InChI=1S/C7H14O.C6H9NO2.C6H7NS2.C5H3Br2NO2.C5H4BrNO2.C5H5NO2.C4H8O/c1-4-7(5-2)6(3)8;1-7-5(8)3-4-6(7)9-2;1-8-9-6-4-2-3-5-7-6;1-8-4(9)2(6)3(7)5(8)10;1-7-4(8)2-3(6)5(7)9;1-6-4(7)2-3-5(6)8;1-3-4(2)5/h7H,4-5H2,1-3H3;3-4,6H,1-2H3;2-5H,1H3;1H3;2H,1H3;2-3H,1H3;3H2,1-2H3. The number of nitrogens with zero attached hydrogens (tertiary/aromatic N) is 5. The van der Waals surface area contributed by atoms with Crippen molar-refractivity contribution in [1.29, 1.82) is 0 Å². The van der Waals surface area contributed by atoms with E-state index >= 15 is 0 Å². The molecule has 0 fully saturated rings. The molecule has 5 heterocycles. The van der Waals surface area contributed by atoms with Crippen molar-refractivity contribution in [1.82, 2.24) is 24.6 Å². The largest absolute Gasteiger partial charge is 0.358 e. The summed E-state index contributed by atoms with van der Waals surface area (Å²) in [6, 6.07) is 5.91. The second-order valence-electron chi connectivity index (χ2n) is 11.6. The van der Waals surface area contributed by atoms with Crippen molar-refractivity contribution in [3.8, 4) is 0 Å². The van der Waals surface area contributed by atoms with Crippen LogP contribution in [-0.2, 0) is 47.9 Å². The van der Waals surface area contributed by atoms with Crippen LogP contribution in [0.25, 0.3) is 0 Å². The number of aromatic nitrogens is 1. The summed E-state index contributed by atoms with van der Waals surface area (Å²) in [5.41, 5.74) is 0. The number of halogens is 3. The molecule has 0 saturated heterocycles. The van der Waals surface area contributed by atoms with E-state index in [0.717, 1.165) is 32.6 Å². The Morgan fingerprint density at radius 3 is 1.43 bits per heavy atom. The Morgan fingerprint density at radius 2 is 1.26 bits per heavy atom. The minimum Gasteiger partial charge on any atom is -0.358 e. The minimum atomic E-state index is -0.308. The lowest BCUT2D eigenvalue weighted by molar-refractivity contribution is -0.136. The number of imide groups is 3. The summed E-state index contributed by atoms with van der Waals surface area (Å²) in [5, 5.41) is 1.07. The third kappa shape index (κ3) is 20.9. The van der Waals surface area contributed by atoms with E-state index in [9.17, 15) is 43.2 Å². The summed E-state index contributed by atoms with van der Waals surface area (Å²) >= 11 is 8.87. The zero-order valence-electron chi connectivity index (χ0n) is 34.2. The molecule has 4 aliphatic heterocycles. The SMILES string of the molecule is CCC(C)=O.CCC(CC)C(C)=O.CN1C(=O)C(Br)=C(Br)C1=O.CN1C(=O)C=C(Br)C1=O.CN1C(=O)C=CC1=O.COC1C=CC(=O)N1C.CSSc1ccccn1. The number of pyridine rings is 1. The van der Waals surface area contributed by atoms with Gasteiger partial charge in [0.05, 0.1) is 4.48 Å². The van der Waals surface area contributed by atoms with E-state index in [-0.39, 0.29) is 53.4 Å². The molecule has 0 spiro atoms. The summed E-state index contributed by atoms with van der Waals surface area (Å²) < 4.78 is 5.82. The summed E-state index contributed by atoms with van der Waals surface area (Å²) in [6.07, 6.45) is 13.3. The van der Waals surface area contributed by atoms with Gasteiger partial charge in [0.15, 0.2) is 6.23 Å². The van der Waals surface area contributed by atoms with Crippen molar-refractivity contribution in [2.24, 2.45) is 5.92 Å². The van der Waals surface area contributed by atoms with Gasteiger partial charge in [0.2, 0.25) is 5.91 Å². The Hall–Kier alpha value is -3.56. The molecule has 0 saturated carbocycles. The number of ketones is 2. The first-order valence-corrected chi connectivity index (χ1v) is 22.2. The fourth-order valence-electron chi connectivity index (χ4n) is 3.70. The second-order valence-corrected chi connectivity index (χ2v) is 16.5. The molecule has 5 rings (SSSR count). The number of carbonyl (C=O) groups is 9. The Bertz CT molecular complexity index is 1710. The first-order valence-electron chi connectivity index (χ1n) is 17.2. The number of hydrogen-bond donors (Lipinski definition) is 0. The van der Waals surface area contributed by atoms with Crippen LogP contribution in [0.1, 0.15) is 53.9 Å². The molecule has 0 aliphatic carbocycles. The molecule has 0 N–H and O–H groups in total. The number of likely N-dealkylation sites (N-methyl/N-ethyl adjacent to an activating group) is 4. The zero-order chi connectivity index (χ0) is 45.3. The molecule has 0 bridgehead atoms. The molecule has 15 nitrogen and oxygen atoms in total. The van der Waals surface area contributed by atoms with E-state index in [2.05, 4.69) is 66.6 Å². The lowest BCUT2D eigenvalue weighted by Gasteiger charge is -2.16. The van der Waals surface area contributed by atoms with Gasteiger partial charge in [0.1, 0.15) is 25.6 Å². The summed E-state index contributed by atoms with van der Waals surface area (Å²) in [4.78, 5) is 104. The van der Waals surface area contributed by atoms with Crippen molar-refractivity contribution in [2.45, 2.75) is 65.1 Å². The van der Waals surface area contributed by atoms with Gasteiger partial charge in [-0.3, -0.25) is 53.1 Å². The van der Waals surface area contributed by atoms with E-state index in [1.54, 1.807) is 61.9 Å². The maximum Gasteiger partial charge on any atom is 0.268 e. The molecular weight excluding hydrogens is 990 g/mol. The number of carbonyl (C=O) groups excluding carboxylic acids is 9. The number of amides is 7. The molecule has 4 aliphatic rings. The molecule has 7 amide bonds. The Labute approximate surface area is 373 Å². The predicted octanol–water partition coefficient (Wildman–Crippen LogP) is 6.23. The van der Waals surface area contributed by atoms with E-state index in [0.29, 0.717) is 31.6 Å². The Balaban J connectivity index is 0. The molecule has 1 aromatic rings. The molecule has 20 heteroatoms. The number of rotatable bonds is 7. The molecule has 320 valence electrons. The number of methoxy groups -OCH3 is 1. The highest BCUT2D eigenvalue weighted by Crippen LogP contribution is 2.28. The van der Waals surface area contributed by atoms with Gasteiger partial charge in [-0.05, 0) is 110 Å². The second kappa shape index (κ2) is 30.5. The molecule has 1 unspecified atom stereocenters. The third-order valence-electron chi connectivity index (χ3n) is 7.54. The van der Waals surface area contributed by atoms with E-state index in [1.807, 2.05) is 31.4 Å². The van der Waals surface area contributed by atoms with Gasteiger partial charge >= 0.3 is 0 Å². The van der Waals surface area contributed by atoms with Crippen LogP contribution in [0.4, 0.5) is 0 Å². The fraction of sp³-hybridized carbons (Fsp3) is 0.421. The smallest absolute Gasteiger partial charge is 0.268 e. The summed E-state index contributed by atoms with van der Waals surface area (Å²) in [5.74, 6) is -0.748. The fourth-order valence-corrected chi connectivity index (χ4v) is 6.25. The van der Waals surface area contributed by atoms with Crippen LogP contribution in [0, 0.1) is 5.92 Å². The highest BCUT2D eigenvalue weighted by molar-refractivity contribution is 9.14. The monoisotopic (exact) mass is 1040 g/mol. The lowest BCUT2D eigenvalue weighted by Crippen LogP contribution is -2.30. The van der Waals surface area contributed by atoms with E-state index in [1.165, 1.54) is 50.3 Å². The van der Waals surface area contributed by atoms with Gasteiger partial charge in [0, 0.05) is 78.1 Å². The third-order valence-corrected chi connectivity index (χ3v) is 11.7. The average Bonchev–Trinajstić information content (AvgIpc) is 3.82. The van der Waals surface area contributed by atoms with E-state index in [4.69, 9.17) is 4.74 Å². The summed E-state index contributed by atoms with van der Waals surface area (Å²) in [6.45, 7) is 9.20. The molecular formula is C38H50Br3N5O10S2. The van der Waals surface area contributed by atoms with Crippen molar-refractivity contribution in [2.75, 3.05) is 41.6 Å². The van der Waals surface area contributed by atoms with Crippen molar-refractivity contribution in [3.05, 3.63) is 68.2 Å². The van der Waals surface area contributed by atoms with Crippen LogP contribution in [-0.4, -0.2) is 125 Å². The Kier molecular flexibility index (Phi) is 29.7. The van der Waals surface area contributed by atoms with Crippen LogP contribution in [0.2, 0.25) is 0 Å². The van der Waals surface area contributed by atoms with Crippen LogP contribution in [0.15, 0.2) is 73.2 Å². The van der Waals surface area contributed by atoms with Gasteiger partial charge in [-0.1, -0.05) is 37.6 Å². The lowest BCUT2D eigenvalue weighted by atomic mass is 10.00. The van der Waals surface area contributed by atoms with Gasteiger partial charge in [0.25, 0.3) is 35.4 Å². The highest BCUT2D eigenvalue weighted by atomic mass is 79.9. The van der Waals surface area contributed by atoms with Crippen LogP contribution in [0.3, 0.4) is 0 Å². The van der Waals surface area contributed by atoms with Gasteiger partial charge in [-0.25, -0.2) is 4.98 Å². The zero-order valence-corrected chi connectivity index (χ0v) is 40.6.